The second-order valence-electron chi connectivity index (χ2n) is 5.05. The number of aromatic nitrogens is 4. The van der Waals surface area contributed by atoms with Crippen molar-refractivity contribution in [2.24, 2.45) is 0 Å². The van der Waals surface area contributed by atoms with Crippen LogP contribution in [0.5, 0.6) is 0 Å². The van der Waals surface area contributed by atoms with Crippen LogP contribution in [0.1, 0.15) is 12.8 Å². The van der Waals surface area contributed by atoms with Crippen molar-refractivity contribution < 1.29 is 0 Å². The number of anilines is 2. The lowest BCUT2D eigenvalue weighted by atomic mass is 10.2. The van der Waals surface area contributed by atoms with E-state index in [1.807, 2.05) is 24.3 Å². The maximum absolute atomic E-state index is 5.81. The van der Waals surface area contributed by atoms with Crippen molar-refractivity contribution in [2.45, 2.75) is 18.9 Å². The van der Waals surface area contributed by atoms with Gasteiger partial charge in [0.15, 0.2) is 11.5 Å². The number of benzene rings is 1. The number of nitrogen functional groups attached to an aromatic ring is 1. The number of nitrogens with zero attached hydrogens (tertiary/aromatic N) is 3. The molecule has 0 bridgehead atoms. The van der Waals surface area contributed by atoms with E-state index in [0.717, 1.165) is 22.7 Å². The molecule has 1 aliphatic carbocycles. The van der Waals surface area contributed by atoms with E-state index < -0.39 is 0 Å². The fraction of sp³-hybridized carbons (Fsp3) is 0.214. The lowest BCUT2D eigenvalue weighted by Crippen LogP contribution is -2.03. The monoisotopic (exact) mass is 266 g/mol. The number of imidazole rings is 1. The van der Waals surface area contributed by atoms with E-state index in [1.165, 1.54) is 19.2 Å². The standard InChI is InChI=1S/C14H14N6/c15-9-3-1-2-8(6-9)12-19-11-13(18-10-4-5-10)16-7-17-14(11)20-12/h1-3,6-7,10H,4-5,15H2,(H2,16,17,18,19,20). The van der Waals surface area contributed by atoms with Crippen LogP contribution >= 0.6 is 0 Å². The first-order chi connectivity index (χ1) is 9.79. The van der Waals surface area contributed by atoms with Gasteiger partial charge < -0.3 is 16.0 Å². The number of nitrogens with one attached hydrogen (secondary N) is 2. The molecule has 0 saturated heterocycles. The van der Waals surface area contributed by atoms with Crippen LogP contribution in [0.3, 0.4) is 0 Å². The molecule has 6 heteroatoms. The minimum absolute atomic E-state index is 0.534. The second kappa shape index (κ2) is 4.19. The molecule has 0 spiro atoms. The van der Waals surface area contributed by atoms with Crippen molar-refractivity contribution in [2.75, 3.05) is 11.1 Å². The van der Waals surface area contributed by atoms with E-state index in [2.05, 4.69) is 25.3 Å². The highest BCUT2D eigenvalue weighted by atomic mass is 15.1. The molecule has 1 aromatic carbocycles. The highest BCUT2D eigenvalue weighted by molar-refractivity contribution is 5.85. The predicted molar refractivity (Wildman–Crippen MR) is 78.2 cm³/mol. The molecule has 1 saturated carbocycles. The molecule has 4 N–H and O–H groups in total. The SMILES string of the molecule is Nc1cccc(-c2nc3ncnc(NC4CC4)c3[nH]2)c1. The zero-order valence-corrected chi connectivity index (χ0v) is 10.8. The Labute approximate surface area is 115 Å². The zero-order valence-electron chi connectivity index (χ0n) is 10.8. The summed E-state index contributed by atoms with van der Waals surface area (Å²) in [5.41, 5.74) is 8.98. The summed E-state index contributed by atoms with van der Waals surface area (Å²) in [4.78, 5) is 16.3. The normalized spacial score (nSPS) is 14.6. The van der Waals surface area contributed by atoms with Gasteiger partial charge in [-0.3, -0.25) is 0 Å². The van der Waals surface area contributed by atoms with Crippen LogP contribution in [0.4, 0.5) is 11.5 Å². The van der Waals surface area contributed by atoms with Gasteiger partial charge in [0, 0.05) is 17.3 Å². The van der Waals surface area contributed by atoms with E-state index >= 15 is 0 Å². The van der Waals surface area contributed by atoms with E-state index in [0.29, 0.717) is 17.4 Å². The average molecular weight is 266 g/mol. The van der Waals surface area contributed by atoms with Gasteiger partial charge in [-0.25, -0.2) is 15.0 Å². The molecule has 0 unspecified atom stereocenters. The number of rotatable bonds is 3. The highest BCUT2D eigenvalue weighted by Crippen LogP contribution is 2.28. The Balaban J connectivity index is 1.81. The van der Waals surface area contributed by atoms with Crippen molar-refractivity contribution in [1.29, 1.82) is 0 Å². The van der Waals surface area contributed by atoms with Crippen LogP contribution < -0.4 is 11.1 Å². The Morgan fingerprint density at radius 1 is 1.25 bits per heavy atom. The number of H-pyrrole nitrogens is 1. The Morgan fingerprint density at radius 2 is 2.15 bits per heavy atom. The van der Waals surface area contributed by atoms with Gasteiger partial charge in [0.05, 0.1) is 0 Å². The van der Waals surface area contributed by atoms with Crippen molar-refractivity contribution in [1.82, 2.24) is 19.9 Å². The van der Waals surface area contributed by atoms with Gasteiger partial charge in [-0.15, -0.1) is 0 Å². The summed E-state index contributed by atoms with van der Waals surface area (Å²) in [7, 11) is 0. The first kappa shape index (κ1) is 11.2. The topological polar surface area (TPSA) is 92.5 Å². The largest absolute Gasteiger partial charge is 0.399 e. The van der Waals surface area contributed by atoms with Crippen LogP contribution in [0, 0.1) is 0 Å². The molecule has 1 fully saturated rings. The van der Waals surface area contributed by atoms with Crippen molar-refractivity contribution in [3.63, 3.8) is 0 Å². The van der Waals surface area contributed by atoms with Crippen LogP contribution in [-0.2, 0) is 0 Å². The summed E-state index contributed by atoms with van der Waals surface area (Å²) in [6, 6.07) is 8.15. The Bertz CT molecular complexity index is 774. The average Bonchev–Trinajstić information content (AvgIpc) is 3.15. The van der Waals surface area contributed by atoms with Gasteiger partial charge in [0.25, 0.3) is 0 Å². The minimum Gasteiger partial charge on any atom is -0.399 e. The molecule has 1 aliphatic rings. The van der Waals surface area contributed by atoms with Gasteiger partial charge in [0.1, 0.15) is 17.7 Å². The Morgan fingerprint density at radius 3 is 2.95 bits per heavy atom. The molecule has 0 aliphatic heterocycles. The van der Waals surface area contributed by atoms with Crippen LogP contribution in [0.25, 0.3) is 22.6 Å². The van der Waals surface area contributed by atoms with E-state index in [4.69, 9.17) is 5.73 Å². The van der Waals surface area contributed by atoms with Crippen LogP contribution in [0.2, 0.25) is 0 Å². The zero-order chi connectivity index (χ0) is 13.5. The molecule has 3 aromatic rings. The number of nitrogens with two attached hydrogens (primary N) is 1. The molecule has 100 valence electrons. The van der Waals surface area contributed by atoms with Gasteiger partial charge in [-0.2, -0.15) is 0 Å². The lowest BCUT2D eigenvalue weighted by molar-refractivity contribution is 1.10. The predicted octanol–water partition coefficient (Wildman–Crippen LogP) is 2.18. The Kier molecular flexibility index (Phi) is 2.35. The summed E-state index contributed by atoms with van der Waals surface area (Å²) >= 11 is 0. The fourth-order valence-corrected chi connectivity index (χ4v) is 2.18. The fourth-order valence-electron chi connectivity index (χ4n) is 2.18. The maximum Gasteiger partial charge on any atom is 0.183 e. The third-order valence-corrected chi connectivity index (χ3v) is 3.37. The highest BCUT2D eigenvalue weighted by Gasteiger charge is 2.23. The van der Waals surface area contributed by atoms with Crippen molar-refractivity contribution in [3.05, 3.63) is 30.6 Å². The molecule has 6 nitrogen and oxygen atoms in total. The molecular formula is C14H14N6. The minimum atomic E-state index is 0.534. The van der Waals surface area contributed by atoms with Crippen LogP contribution in [0.15, 0.2) is 30.6 Å². The third-order valence-electron chi connectivity index (χ3n) is 3.37. The maximum atomic E-state index is 5.81. The van der Waals surface area contributed by atoms with E-state index in [-0.39, 0.29) is 0 Å². The molecule has 0 atom stereocenters. The summed E-state index contributed by atoms with van der Waals surface area (Å²) in [6.07, 6.45) is 3.93. The number of fused-ring (bicyclic) bond motifs is 1. The molecular weight excluding hydrogens is 252 g/mol. The molecule has 0 amide bonds. The lowest BCUT2D eigenvalue weighted by Gasteiger charge is -2.02. The number of hydrogen-bond donors (Lipinski definition) is 3. The molecule has 2 aromatic heterocycles. The number of hydrogen-bond acceptors (Lipinski definition) is 5. The summed E-state index contributed by atoms with van der Waals surface area (Å²) in [5, 5.41) is 3.39. The van der Waals surface area contributed by atoms with Gasteiger partial charge >= 0.3 is 0 Å². The smallest absolute Gasteiger partial charge is 0.183 e. The Hall–Kier alpha value is -2.63. The number of aromatic amines is 1. The first-order valence-electron chi connectivity index (χ1n) is 6.63. The van der Waals surface area contributed by atoms with E-state index in [9.17, 15) is 0 Å². The summed E-state index contributed by atoms with van der Waals surface area (Å²) in [6.45, 7) is 0. The van der Waals surface area contributed by atoms with Crippen LogP contribution in [-0.4, -0.2) is 26.0 Å². The summed E-state index contributed by atoms with van der Waals surface area (Å²) < 4.78 is 0. The van der Waals surface area contributed by atoms with E-state index in [1.54, 1.807) is 0 Å². The molecule has 0 radical (unpaired) electrons. The quantitative estimate of drug-likeness (QED) is 0.632. The third kappa shape index (κ3) is 1.95. The molecule has 2 heterocycles. The first-order valence-corrected chi connectivity index (χ1v) is 6.63. The van der Waals surface area contributed by atoms with Gasteiger partial charge in [-0.05, 0) is 25.0 Å². The van der Waals surface area contributed by atoms with Crippen molar-refractivity contribution in [3.8, 4) is 11.4 Å². The van der Waals surface area contributed by atoms with Crippen molar-refractivity contribution >= 4 is 22.7 Å². The second-order valence-corrected chi connectivity index (χ2v) is 5.05. The summed E-state index contributed by atoms with van der Waals surface area (Å²) in [5.74, 6) is 1.58. The molecule has 20 heavy (non-hydrogen) atoms. The van der Waals surface area contributed by atoms with Gasteiger partial charge in [-0.1, -0.05) is 12.1 Å². The van der Waals surface area contributed by atoms with Gasteiger partial charge in [0.2, 0.25) is 0 Å². The molecule has 4 rings (SSSR count).